The van der Waals surface area contributed by atoms with Crippen LogP contribution in [-0.2, 0) is 10.0 Å². The van der Waals surface area contributed by atoms with E-state index in [1.54, 1.807) is 18.2 Å². The molecular formula is C14H9ClF5N3O3S2. The number of aromatic nitrogens is 2. The van der Waals surface area contributed by atoms with E-state index >= 15 is 0 Å². The third kappa shape index (κ3) is 4.54. The number of hydrogen-bond acceptors (Lipinski definition) is 5. The normalized spacial score (nSPS) is 14.9. The number of benzene rings is 2. The van der Waals surface area contributed by atoms with Crippen LogP contribution in [0.15, 0.2) is 62.7 Å². The molecule has 1 heterocycles. The van der Waals surface area contributed by atoms with Gasteiger partial charge in [-0.25, -0.2) is 13.1 Å². The fourth-order valence-electron chi connectivity index (χ4n) is 2.05. The summed E-state index contributed by atoms with van der Waals surface area (Å²) in [5.74, 6) is -0.0727. The van der Waals surface area contributed by atoms with E-state index in [1.807, 2.05) is 4.72 Å². The smallest absolute Gasteiger partial charge is 0.330 e. The number of sulfonamides is 1. The Kier molecular flexibility index (Phi) is 4.22. The van der Waals surface area contributed by atoms with Crippen molar-refractivity contribution in [2.45, 2.75) is 9.79 Å². The molecule has 0 fully saturated rings. The van der Waals surface area contributed by atoms with E-state index in [2.05, 4.69) is 10.2 Å². The molecule has 0 atom stereocenters. The van der Waals surface area contributed by atoms with Gasteiger partial charge in [-0.2, -0.15) is 0 Å². The maximum absolute atomic E-state index is 12.7. The molecule has 0 bridgehead atoms. The number of rotatable bonds is 5. The summed E-state index contributed by atoms with van der Waals surface area (Å²) in [7, 11) is -14.4. The summed E-state index contributed by atoms with van der Waals surface area (Å²) in [6.45, 7) is 0. The van der Waals surface area contributed by atoms with Crippen molar-refractivity contribution in [1.29, 1.82) is 0 Å². The Balaban J connectivity index is 1.85. The van der Waals surface area contributed by atoms with Crippen LogP contribution in [0.4, 0.5) is 25.4 Å². The van der Waals surface area contributed by atoms with Crippen LogP contribution in [0.2, 0.25) is 5.02 Å². The summed E-state index contributed by atoms with van der Waals surface area (Å²) < 4.78 is 94.9. The molecule has 2 aromatic carbocycles. The van der Waals surface area contributed by atoms with E-state index in [4.69, 9.17) is 16.0 Å². The van der Waals surface area contributed by atoms with Gasteiger partial charge in [0.2, 0.25) is 5.89 Å². The Bertz CT molecular complexity index is 1150. The molecule has 1 aromatic heterocycles. The van der Waals surface area contributed by atoms with Gasteiger partial charge in [-0.05, 0) is 42.5 Å². The molecule has 152 valence electrons. The lowest BCUT2D eigenvalue weighted by Gasteiger charge is -2.40. The quantitative estimate of drug-likeness (QED) is 0.482. The first-order valence-corrected chi connectivity index (χ1v) is 10.9. The zero-order valence-corrected chi connectivity index (χ0v) is 15.7. The van der Waals surface area contributed by atoms with Gasteiger partial charge in [-0.1, -0.05) is 42.2 Å². The van der Waals surface area contributed by atoms with Crippen LogP contribution in [0.25, 0.3) is 11.5 Å². The standard InChI is InChI=1S/C14H9ClF5N3O3S2/c15-10-3-1-2-9(8-10)13-21-22-14(26-13)23-27(24,25)11-4-6-12(7-5-11)28(16,17,18,19)20/h1-8H,(H,22,23). The molecule has 14 heteroatoms. The molecule has 0 unspecified atom stereocenters. The summed E-state index contributed by atoms with van der Waals surface area (Å²) in [6, 6.07) is 6.40. The van der Waals surface area contributed by atoms with Gasteiger partial charge in [-0.15, -0.1) is 5.10 Å². The van der Waals surface area contributed by atoms with Crippen LogP contribution in [0.1, 0.15) is 0 Å². The average Bonchev–Trinajstić information content (AvgIpc) is 3.01. The third-order valence-electron chi connectivity index (χ3n) is 3.30. The Labute approximate surface area is 160 Å². The second-order valence-electron chi connectivity index (χ2n) is 5.47. The summed E-state index contributed by atoms with van der Waals surface area (Å²) in [5, 5.41) is 7.45. The molecule has 0 saturated heterocycles. The molecule has 28 heavy (non-hydrogen) atoms. The summed E-state index contributed by atoms with van der Waals surface area (Å²) >= 11 is 5.82. The van der Waals surface area contributed by atoms with Crippen molar-refractivity contribution in [3.63, 3.8) is 0 Å². The Hall–Kier alpha value is -2.38. The minimum absolute atomic E-state index is 0.0126. The molecule has 3 rings (SSSR count). The van der Waals surface area contributed by atoms with Crippen LogP contribution in [0.5, 0.6) is 0 Å². The fraction of sp³-hybridized carbons (Fsp3) is 0. The summed E-state index contributed by atoms with van der Waals surface area (Å²) in [5.41, 5.74) is 0.394. The van der Waals surface area contributed by atoms with E-state index in [1.165, 1.54) is 6.07 Å². The molecule has 0 amide bonds. The van der Waals surface area contributed by atoms with Gasteiger partial charge in [0.05, 0.1) is 4.90 Å². The lowest BCUT2D eigenvalue weighted by molar-refractivity contribution is 0.364. The fourth-order valence-corrected chi connectivity index (χ4v) is 3.82. The molecule has 0 saturated carbocycles. The monoisotopic (exact) mass is 461 g/mol. The third-order valence-corrected chi connectivity index (χ3v) is 6.03. The Morgan fingerprint density at radius 3 is 2.18 bits per heavy atom. The summed E-state index contributed by atoms with van der Waals surface area (Å²) in [4.78, 5) is -2.92. The van der Waals surface area contributed by atoms with Crippen molar-refractivity contribution < 1.29 is 32.3 Å². The van der Waals surface area contributed by atoms with Gasteiger partial charge in [0.1, 0.15) is 4.90 Å². The van der Waals surface area contributed by atoms with Crippen LogP contribution >= 0.6 is 21.8 Å². The predicted octanol–water partition coefficient (Wildman–Crippen LogP) is 5.85. The van der Waals surface area contributed by atoms with Crippen molar-refractivity contribution in [3.05, 3.63) is 53.6 Å². The first-order chi connectivity index (χ1) is 12.6. The van der Waals surface area contributed by atoms with Crippen molar-refractivity contribution >= 4 is 37.9 Å². The lowest BCUT2D eigenvalue weighted by atomic mass is 10.2. The Morgan fingerprint density at radius 2 is 1.61 bits per heavy atom. The highest BCUT2D eigenvalue weighted by atomic mass is 35.5. The van der Waals surface area contributed by atoms with E-state index in [9.17, 15) is 27.8 Å². The Morgan fingerprint density at radius 1 is 0.964 bits per heavy atom. The first kappa shape index (κ1) is 20.4. The maximum atomic E-state index is 12.7. The van der Waals surface area contributed by atoms with E-state index in [0.29, 0.717) is 22.7 Å². The zero-order valence-electron chi connectivity index (χ0n) is 13.3. The van der Waals surface area contributed by atoms with Crippen molar-refractivity contribution in [2.24, 2.45) is 0 Å². The molecule has 0 aliphatic carbocycles. The van der Waals surface area contributed by atoms with E-state index < -0.39 is 36.1 Å². The van der Waals surface area contributed by atoms with Crippen LogP contribution < -0.4 is 4.72 Å². The molecule has 3 aromatic rings. The first-order valence-electron chi connectivity index (χ1n) is 7.10. The second kappa shape index (κ2) is 5.81. The number of anilines is 1. The van der Waals surface area contributed by atoms with Gasteiger partial charge in [0, 0.05) is 10.6 Å². The minimum Gasteiger partial charge on any atom is -0.403 e. The number of halogens is 6. The van der Waals surface area contributed by atoms with Gasteiger partial charge in [-0.3, -0.25) is 0 Å². The topological polar surface area (TPSA) is 85.1 Å². The van der Waals surface area contributed by atoms with Gasteiger partial charge in [0.15, 0.2) is 0 Å². The molecular weight excluding hydrogens is 453 g/mol. The highest BCUT2D eigenvalue weighted by Gasteiger charge is 2.65. The number of nitrogens with zero attached hydrogens (tertiary/aromatic N) is 2. The number of hydrogen-bond donors (Lipinski definition) is 1. The summed E-state index contributed by atoms with van der Waals surface area (Å²) in [6.07, 6.45) is 0. The molecule has 1 N–H and O–H groups in total. The van der Waals surface area contributed by atoms with Crippen LogP contribution in [0.3, 0.4) is 0 Å². The zero-order chi connectivity index (χ0) is 20.9. The largest absolute Gasteiger partial charge is 0.403 e. The van der Waals surface area contributed by atoms with Gasteiger partial charge in [0.25, 0.3) is 10.0 Å². The maximum Gasteiger partial charge on any atom is 0.330 e. The van der Waals surface area contributed by atoms with Gasteiger partial charge >= 0.3 is 16.2 Å². The molecule has 0 spiro atoms. The average molecular weight is 462 g/mol. The highest BCUT2D eigenvalue weighted by molar-refractivity contribution is 8.45. The number of nitrogens with one attached hydrogen (secondary N) is 1. The second-order valence-corrected chi connectivity index (χ2v) is 10.00. The highest BCUT2D eigenvalue weighted by Crippen LogP contribution is 3.02. The van der Waals surface area contributed by atoms with E-state index in [-0.39, 0.29) is 18.0 Å². The SMILES string of the molecule is O=S(=O)(Nc1nnc(-c2cccc(Cl)c2)o1)c1ccc(S(F)(F)(F)(F)F)cc1. The minimum atomic E-state index is -9.90. The molecule has 6 nitrogen and oxygen atoms in total. The van der Waals surface area contributed by atoms with Gasteiger partial charge < -0.3 is 4.42 Å². The molecule has 0 radical (unpaired) electrons. The lowest BCUT2D eigenvalue weighted by Crippen LogP contribution is -2.14. The molecule has 0 aliphatic heterocycles. The van der Waals surface area contributed by atoms with Crippen LogP contribution in [-0.4, -0.2) is 18.6 Å². The van der Waals surface area contributed by atoms with Crippen molar-refractivity contribution in [3.8, 4) is 11.5 Å². The van der Waals surface area contributed by atoms with Crippen molar-refractivity contribution in [2.75, 3.05) is 4.72 Å². The van der Waals surface area contributed by atoms with Crippen molar-refractivity contribution in [1.82, 2.24) is 10.2 Å². The predicted molar refractivity (Wildman–Crippen MR) is 93.4 cm³/mol. The van der Waals surface area contributed by atoms with E-state index in [0.717, 1.165) is 0 Å². The molecule has 0 aliphatic rings. The van der Waals surface area contributed by atoms with Crippen LogP contribution in [0, 0.1) is 0 Å².